The first-order valence-corrected chi connectivity index (χ1v) is 8.77. The highest BCUT2D eigenvalue weighted by Gasteiger charge is 2.74. The number of carbonyl (C=O) groups excluding carboxylic acids is 1. The SMILES string of the molecule is O=C(O)[C@H]1[C@H]2C(=O)N3c4ccccc4[C@@H]4OCC[C@@H]4[C@@H]3[C@@]23C=C[C@H]1O3. The number of hydrogen-bond acceptors (Lipinski definition) is 4. The van der Waals surface area contributed by atoms with Crippen molar-refractivity contribution in [2.75, 3.05) is 11.5 Å². The van der Waals surface area contributed by atoms with E-state index in [1.165, 1.54) is 0 Å². The highest BCUT2D eigenvalue weighted by Crippen LogP contribution is 2.62. The molecule has 0 aliphatic carbocycles. The largest absolute Gasteiger partial charge is 0.481 e. The van der Waals surface area contributed by atoms with E-state index < -0.39 is 29.5 Å². The minimum Gasteiger partial charge on any atom is -0.481 e. The average Bonchev–Trinajstić information content (AvgIpc) is 3.35. The van der Waals surface area contributed by atoms with Crippen LogP contribution >= 0.6 is 0 Å². The molecule has 0 aromatic heterocycles. The molecule has 3 saturated heterocycles. The highest BCUT2D eigenvalue weighted by molar-refractivity contribution is 6.04. The summed E-state index contributed by atoms with van der Waals surface area (Å²) in [6.07, 6.45) is 4.07. The normalized spacial score (nSPS) is 45.3. The van der Waals surface area contributed by atoms with Gasteiger partial charge in [-0.2, -0.15) is 0 Å². The van der Waals surface area contributed by atoms with E-state index in [0.717, 1.165) is 17.7 Å². The molecule has 25 heavy (non-hydrogen) atoms. The van der Waals surface area contributed by atoms with Gasteiger partial charge in [-0.3, -0.25) is 9.59 Å². The van der Waals surface area contributed by atoms with E-state index in [1.807, 2.05) is 41.3 Å². The van der Waals surface area contributed by atoms with Crippen LogP contribution in [0.5, 0.6) is 0 Å². The van der Waals surface area contributed by atoms with Crippen molar-refractivity contribution in [1.29, 1.82) is 0 Å². The second kappa shape index (κ2) is 4.31. The summed E-state index contributed by atoms with van der Waals surface area (Å²) in [5, 5.41) is 9.70. The Hall–Kier alpha value is -2.18. The highest BCUT2D eigenvalue weighted by atomic mass is 16.5. The third-order valence-electron chi connectivity index (χ3n) is 6.66. The standard InChI is InChI=1S/C19H17NO5/c21-17-14-13(18(22)23)12-5-7-19(14,25-12)16-10-6-8-24-15(10)9-3-1-2-4-11(9)20(16)17/h1-5,7,10,12-16H,6,8H2,(H,22,23)/t10-,12+,13+,14-,15-,16+,19+/m0/s1. The van der Waals surface area contributed by atoms with Crippen LogP contribution in [0.4, 0.5) is 5.69 Å². The Bertz CT molecular complexity index is 850. The van der Waals surface area contributed by atoms with E-state index in [-0.39, 0.29) is 24.0 Å². The first kappa shape index (κ1) is 14.0. The Morgan fingerprint density at radius 1 is 1.32 bits per heavy atom. The molecule has 1 aromatic rings. The summed E-state index contributed by atoms with van der Waals surface area (Å²) in [6, 6.07) is 7.61. The van der Waals surface area contributed by atoms with Crippen LogP contribution in [0.15, 0.2) is 36.4 Å². The lowest BCUT2D eigenvalue weighted by atomic mass is 9.70. The minimum absolute atomic E-state index is 0.0571. The maximum Gasteiger partial charge on any atom is 0.310 e. The Morgan fingerprint density at radius 2 is 2.16 bits per heavy atom. The molecule has 2 bridgehead atoms. The van der Waals surface area contributed by atoms with E-state index in [0.29, 0.717) is 6.61 Å². The number of anilines is 1. The number of carboxylic acid groups (broad SMARTS) is 1. The van der Waals surface area contributed by atoms with Crippen LogP contribution in [0.1, 0.15) is 18.1 Å². The number of rotatable bonds is 1. The number of carboxylic acids is 1. The maximum atomic E-state index is 13.4. The van der Waals surface area contributed by atoms with E-state index in [2.05, 4.69) is 0 Å². The Kier molecular flexibility index (Phi) is 2.42. The summed E-state index contributed by atoms with van der Waals surface area (Å²) in [4.78, 5) is 27.0. The predicted octanol–water partition coefficient (Wildman–Crippen LogP) is 1.52. The summed E-state index contributed by atoms with van der Waals surface area (Å²) in [5.74, 6) is -2.42. The Balaban J connectivity index is 1.59. The number of amides is 1. The molecule has 5 aliphatic rings. The third-order valence-corrected chi connectivity index (χ3v) is 6.66. The minimum atomic E-state index is -0.957. The molecule has 1 aromatic carbocycles. The number of ether oxygens (including phenoxy) is 2. The molecule has 1 spiro atoms. The average molecular weight is 339 g/mol. The molecule has 6 nitrogen and oxygen atoms in total. The van der Waals surface area contributed by atoms with Crippen molar-refractivity contribution in [1.82, 2.24) is 0 Å². The van der Waals surface area contributed by atoms with Crippen LogP contribution in [0.25, 0.3) is 0 Å². The molecule has 0 radical (unpaired) electrons. The second-order valence-electron chi connectivity index (χ2n) is 7.59. The van der Waals surface area contributed by atoms with Gasteiger partial charge in [0.25, 0.3) is 0 Å². The predicted molar refractivity (Wildman–Crippen MR) is 85.9 cm³/mol. The molecule has 5 heterocycles. The fourth-order valence-electron chi connectivity index (χ4n) is 5.86. The Morgan fingerprint density at radius 3 is 3.00 bits per heavy atom. The van der Waals surface area contributed by atoms with Gasteiger partial charge in [-0.05, 0) is 12.5 Å². The van der Waals surface area contributed by atoms with E-state index >= 15 is 0 Å². The van der Waals surface area contributed by atoms with Crippen molar-refractivity contribution in [2.45, 2.75) is 30.3 Å². The second-order valence-corrected chi connectivity index (χ2v) is 7.59. The van der Waals surface area contributed by atoms with E-state index in [4.69, 9.17) is 9.47 Å². The van der Waals surface area contributed by atoms with Gasteiger partial charge >= 0.3 is 5.97 Å². The van der Waals surface area contributed by atoms with Crippen molar-refractivity contribution in [3.63, 3.8) is 0 Å². The maximum absolute atomic E-state index is 13.4. The molecular formula is C19H17NO5. The van der Waals surface area contributed by atoms with E-state index in [9.17, 15) is 14.7 Å². The van der Waals surface area contributed by atoms with Crippen LogP contribution in [0.3, 0.4) is 0 Å². The number of para-hydroxylation sites is 1. The number of fused-ring (bicyclic) bond motifs is 7. The zero-order chi connectivity index (χ0) is 16.9. The number of hydrogen-bond donors (Lipinski definition) is 1. The first-order valence-electron chi connectivity index (χ1n) is 8.77. The molecule has 0 saturated carbocycles. The Labute approximate surface area is 144 Å². The summed E-state index contributed by atoms with van der Waals surface area (Å²) < 4.78 is 12.2. The van der Waals surface area contributed by atoms with Crippen molar-refractivity contribution >= 4 is 17.6 Å². The molecule has 5 aliphatic heterocycles. The zero-order valence-corrected chi connectivity index (χ0v) is 13.4. The first-order chi connectivity index (χ1) is 12.1. The molecule has 128 valence electrons. The molecule has 1 N–H and O–H groups in total. The third kappa shape index (κ3) is 1.42. The molecule has 6 heteroatoms. The van der Waals surface area contributed by atoms with Gasteiger partial charge in [-0.25, -0.2) is 0 Å². The molecule has 0 unspecified atom stereocenters. The lowest BCUT2D eigenvalue weighted by Crippen LogP contribution is -2.53. The lowest BCUT2D eigenvalue weighted by Gasteiger charge is -2.43. The van der Waals surface area contributed by atoms with Gasteiger partial charge in [-0.1, -0.05) is 30.4 Å². The number of nitrogens with zero attached hydrogens (tertiary/aromatic N) is 1. The quantitative estimate of drug-likeness (QED) is 0.785. The number of carbonyl (C=O) groups is 2. The van der Waals surface area contributed by atoms with Gasteiger partial charge in [0.15, 0.2) is 0 Å². The summed E-state index contributed by atoms with van der Waals surface area (Å²) in [5.41, 5.74) is 1.03. The van der Waals surface area contributed by atoms with Gasteiger partial charge in [0.05, 0.1) is 24.2 Å². The van der Waals surface area contributed by atoms with Crippen LogP contribution < -0.4 is 4.90 Å². The van der Waals surface area contributed by atoms with Crippen molar-refractivity contribution < 1.29 is 24.2 Å². The molecule has 1 amide bonds. The lowest BCUT2D eigenvalue weighted by molar-refractivity contribution is -0.146. The van der Waals surface area contributed by atoms with Gasteiger partial charge in [0.1, 0.15) is 11.5 Å². The van der Waals surface area contributed by atoms with Crippen LogP contribution in [-0.2, 0) is 19.1 Å². The van der Waals surface area contributed by atoms with Crippen LogP contribution in [-0.4, -0.2) is 41.3 Å². The smallest absolute Gasteiger partial charge is 0.310 e. The topological polar surface area (TPSA) is 76.1 Å². The molecule has 7 atom stereocenters. The summed E-state index contributed by atoms with van der Waals surface area (Å²) in [7, 11) is 0. The monoisotopic (exact) mass is 339 g/mol. The van der Waals surface area contributed by atoms with Crippen molar-refractivity contribution in [3.05, 3.63) is 42.0 Å². The van der Waals surface area contributed by atoms with Crippen molar-refractivity contribution in [2.24, 2.45) is 17.8 Å². The zero-order valence-electron chi connectivity index (χ0n) is 13.4. The van der Waals surface area contributed by atoms with Crippen molar-refractivity contribution in [3.8, 4) is 0 Å². The fourth-order valence-corrected chi connectivity index (χ4v) is 5.86. The van der Waals surface area contributed by atoms with Crippen LogP contribution in [0.2, 0.25) is 0 Å². The van der Waals surface area contributed by atoms with Gasteiger partial charge in [0, 0.05) is 23.8 Å². The van der Waals surface area contributed by atoms with Gasteiger partial charge in [-0.15, -0.1) is 0 Å². The summed E-state index contributed by atoms with van der Waals surface area (Å²) in [6.45, 7) is 0.651. The molecule has 3 fully saturated rings. The number of aliphatic carboxylic acids is 1. The van der Waals surface area contributed by atoms with Crippen LogP contribution in [0, 0.1) is 17.8 Å². The summed E-state index contributed by atoms with van der Waals surface area (Å²) >= 11 is 0. The number of benzene rings is 1. The molecular weight excluding hydrogens is 322 g/mol. The van der Waals surface area contributed by atoms with E-state index in [1.54, 1.807) is 0 Å². The van der Waals surface area contributed by atoms with Gasteiger partial charge < -0.3 is 19.5 Å². The fraction of sp³-hybridized carbons (Fsp3) is 0.474. The van der Waals surface area contributed by atoms with Gasteiger partial charge in [0.2, 0.25) is 5.91 Å². The molecule has 6 rings (SSSR count).